The molecule has 5 heteroatoms. The molecule has 1 saturated carbocycles. The second-order valence-electron chi connectivity index (χ2n) is 14.0. The third-order valence-electron chi connectivity index (χ3n) is 9.94. The Kier molecular flexibility index (Phi) is 7.03. The van der Waals surface area contributed by atoms with Gasteiger partial charge in [0.25, 0.3) is 5.56 Å². The van der Waals surface area contributed by atoms with Crippen molar-refractivity contribution in [2.45, 2.75) is 89.9 Å². The molecular formula is C35H42BrN3O. The number of halogens is 1. The molecule has 1 saturated heterocycles. The number of benzene rings is 2. The van der Waals surface area contributed by atoms with Gasteiger partial charge in [0.2, 0.25) is 0 Å². The first-order chi connectivity index (χ1) is 19.0. The van der Waals surface area contributed by atoms with E-state index in [9.17, 15) is 4.79 Å². The van der Waals surface area contributed by atoms with Crippen molar-refractivity contribution >= 4 is 26.8 Å². The Morgan fingerprint density at radius 2 is 1.75 bits per heavy atom. The Hall–Kier alpha value is -2.42. The fourth-order valence-corrected chi connectivity index (χ4v) is 8.02. The molecule has 0 unspecified atom stereocenters. The maximum absolute atomic E-state index is 13.4. The van der Waals surface area contributed by atoms with Gasteiger partial charge in [-0.15, -0.1) is 12.3 Å². The molecule has 3 aromatic rings. The lowest BCUT2D eigenvalue weighted by atomic mass is 9.81. The lowest BCUT2D eigenvalue weighted by Gasteiger charge is -2.36. The SMILES string of the molecule is C#CC1CCC(CN2CCC(c3ccc4c(c3)-n3c(nc(=O)c5c(Br)ccc(C(C)(C)C)c53)C4(C)C)CC2)CC1. The molecular weight excluding hydrogens is 558 g/mol. The number of rotatable bonds is 3. The molecule has 0 bridgehead atoms. The molecule has 3 heterocycles. The van der Waals surface area contributed by atoms with Gasteiger partial charge < -0.3 is 4.90 Å². The van der Waals surface area contributed by atoms with Crippen molar-refractivity contribution in [3.05, 3.63) is 67.7 Å². The highest BCUT2D eigenvalue weighted by Crippen LogP contribution is 2.46. The van der Waals surface area contributed by atoms with Gasteiger partial charge in [-0.1, -0.05) is 39.0 Å². The van der Waals surface area contributed by atoms with Crippen LogP contribution in [0.3, 0.4) is 0 Å². The highest BCUT2D eigenvalue weighted by atomic mass is 79.9. The zero-order valence-electron chi connectivity index (χ0n) is 24.7. The molecule has 2 aromatic carbocycles. The van der Waals surface area contributed by atoms with Crippen LogP contribution in [0.5, 0.6) is 0 Å². The van der Waals surface area contributed by atoms with Crippen molar-refractivity contribution in [2.75, 3.05) is 19.6 Å². The molecule has 3 aliphatic rings. The van der Waals surface area contributed by atoms with Crippen molar-refractivity contribution in [1.82, 2.24) is 14.5 Å². The minimum atomic E-state index is -0.347. The van der Waals surface area contributed by atoms with Crippen LogP contribution in [0.25, 0.3) is 16.6 Å². The van der Waals surface area contributed by atoms with Gasteiger partial charge in [0.05, 0.1) is 22.0 Å². The molecule has 0 amide bonds. The number of nitrogens with zero attached hydrogens (tertiary/aromatic N) is 3. The van der Waals surface area contributed by atoms with Crippen molar-refractivity contribution in [3.63, 3.8) is 0 Å². The monoisotopic (exact) mass is 599 g/mol. The van der Waals surface area contributed by atoms with Crippen LogP contribution in [0.4, 0.5) is 0 Å². The summed E-state index contributed by atoms with van der Waals surface area (Å²) in [7, 11) is 0. The molecule has 0 radical (unpaired) electrons. The molecule has 4 nitrogen and oxygen atoms in total. The summed E-state index contributed by atoms with van der Waals surface area (Å²) in [6.45, 7) is 14.6. The van der Waals surface area contributed by atoms with Gasteiger partial charge in [0.1, 0.15) is 5.82 Å². The Labute approximate surface area is 247 Å². The van der Waals surface area contributed by atoms with Crippen LogP contribution >= 0.6 is 15.9 Å². The van der Waals surface area contributed by atoms with Crippen LogP contribution in [0, 0.1) is 24.2 Å². The summed E-state index contributed by atoms with van der Waals surface area (Å²) in [6.07, 6.45) is 13.0. The normalized spacial score (nSPS) is 23.1. The second kappa shape index (κ2) is 10.1. The fourth-order valence-electron chi connectivity index (χ4n) is 7.53. The number of aromatic nitrogens is 2. The maximum Gasteiger partial charge on any atom is 0.282 e. The average Bonchev–Trinajstić information content (AvgIpc) is 3.14. The van der Waals surface area contributed by atoms with E-state index in [-0.39, 0.29) is 16.4 Å². The van der Waals surface area contributed by atoms with Gasteiger partial charge in [-0.05, 0) is 127 Å². The van der Waals surface area contributed by atoms with E-state index in [1.807, 2.05) is 6.07 Å². The quantitative estimate of drug-likeness (QED) is 0.289. The van der Waals surface area contributed by atoms with Crippen LogP contribution in [0.2, 0.25) is 0 Å². The number of likely N-dealkylation sites (tertiary alicyclic amines) is 1. The average molecular weight is 601 g/mol. The van der Waals surface area contributed by atoms with Crippen molar-refractivity contribution in [2.24, 2.45) is 11.8 Å². The molecule has 2 aliphatic heterocycles. The Morgan fingerprint density at radius 3 is 2.40 bits per heavy atom. The van der Waals surface area contributed by atoms with E-state index in [0.29, 0.717) is 17.2 Å². The molecule has 0 spiro atoms. The number of hydrogen-bond acceptors (Lipinski definition) is 3. The number of fused-ring (bicyclic) bond motifs is 5. The number of terminal acetylenes is 1. The lowest BCUT2D eigenvalue weighted by molar-refractivity contribution is 0.158. The molecule has 40 heavy (non-hydrogen) atoms. The maximum atomic E-state index is 13.4. The van der Waals surface area contributed by atoms with Crippen LogP contribution in [-0.4, -0.2) is 34.1 Å². The molecule has 2 fully saturated rings. The van der Waals surface area contributed by atoms with Gasteiger partial charge in [-0.25, -0.2) is 0 Å². The van der Waals surface area contributed by atoms with Crippen LogP contribution in [0.15, 0.2) is 39.6 Å². The lowest BCUT2D eigenvalue weighted by Crippen LogP contribution is -2.37. The minimum Gasteiger partial charge on any atom is -0.303 e. The predicted octanol–water partition coefficient (Wildman–Crippen LogP) is 7.70. The van der Waals surface area contributed by atoms with E-state index < -0.39 is 0 Å². The Bertz CT molecular complexity index is 1550. The van der Waals surface area contributed by atoms with Crippen LogP contribution < -0.4 is 5.56 Å². The highest BCUT2D eigenvalue weighted by Gasteiger charge is 2.40. The van der Waals surface area contributed by atoms with Gasteiger partial charge in [0.15, 0.2) is 0 Å². The first kappa shape index (κ1) is 27.7. The first-order valence-electron chi connectivity index (χ1n) is 15.1. The molecule has 210 valence electrons. The zero-order valence-corrected chi connectivity index (χ0v) is 26.3. The molecule has 6 rings (SSSR count). The smallest absolute Gasteiger partial charge is 0.282 e. The van der Waals surface area contributed by atoms with Gasteiger partial charge in [0, 0.05) is 16.9 Å². The van der Waals surface area contributed by atoms with E-state index in [4.69, 9.17) is 11.4 Å². The number of hydrogen-bond donors (Lipinski definition) is 0. The molecule has 0 N–H and O–H groups in total. The van der Waals surface area contributed by atoms with Crippen molar-refractivity contribution < 1.29 is 0 Å². The summed E-state index contributed by atoms with van der Waals surface area (Å²) in [5, 5.41) is 0.676. The van der Waals surface area contributed by atoms with E-state index in [1.54, 1.807) is 0 Å². The summed E-state index contributed by atoms with van der Waals surface area (Å²) in [4.78, 5) is 20.8. The van der Waals surface area contributed by atoms with Gasteiger partial charge in [-0.3, -0.25) is 9.36 Å². The van der Waals surface area contributed by atoms with Crippen LogP contribution in [-0.2, 0) is 10.8 Å². The second-order valence-corrected chi connectivity index (χ2v) is 14.9. The highest BCUT2D eigenvalue weighted by molar-refractivity contribution is 9.10. The predicted molar refractivity (Wildman–Crippen MR) is 169 cm³/mol. The number of piperidine rings is 1. The minimum absolute atomic E-state index is 0.120. The molecule has 1 aliphatic carbocycles. The van der Waals surface area contributed by atoms with Gasteiger partial charge in [-0.2, -0.15) is 4.98 Å². The summed E-state index contributed by atoms with van der Waals surface area (Å²) < 4.78 is 3.12. The first-order valence-corrected chi connectivity index (χ1v) is 15.9. The summed E-state index contributed by atoms with van der Waals surface area (Å²) in [5.41, 5.74) is 5.39. The summed E-state index contributed by atoms with van der Waals surface area (Å²) >= 11 is 3.68. The van der Waals surface area contributed by atoms with E-state index in [1.165, 1.54) is 67.4 Å². The Morgan fingerprint density at radius 1 is 1.05 bits per heavy atom. The molecule has 1 aromatic heterocycles. The zero-order chi connectivity index (χ0) is 28.4. The third-order valence-corrected chi connectivity index (χ3v) is 10.6. The van der Waals surface area contributed by atoms with Gasteiger partial charge >= 0.3 is 0 Å². The van der Waals surface area contributed by atoms with Crippen molar-refractivity contribution in [3.8, 4) is 18.0 Å². The largest absolute Gasteiger partial charge is 0.303 e. The topological polar surface area (TPSA) is 38.1 Å². The van der Waals surface area contributed by atoms with Crippen LogP contribution in [0.1, 0.15) is 102 Å². The standard InChI is InChI=1S/C35H42BrN3O/c1-7-22-8-10-23(11-9-22)21-38-18-16-24(17-19-38)25-12-13-26-29(20-25)39-31-27(34(2,3)4)14-15-28(36)30(31)32(40)37-33(39)35(26,5)6/h1,12-15,20,22-24H,8-11,16-19,21H2,2-6H3. The van der Waals surface area contributed by atoms with E-state index in [0.717, 1.165) is 34.8 Å². The summed E-state index contributed by atoms with van der Waals surface area (Å²) in [5.74, 6) is 5.67. The third kappa shape index (κ3) is 4.66. The van der Waals surface area contributed by atoms with E-state index in [2.05, 4.69) is 90.2 Å². The molecule has 0 atom stereocenters. The van der Waals surface area contributed by atoms with Crippen molar-refractivity contribution in [1.29, 1.82) is 0 Å². The van der Waals surface area contributed by atoms with E-state index >= 15 is 0 Å². The Balaban J connectivity index is 1.33. The fraction of sp³-hybridized carbons (Fsp3) is 0.543. The summed E-state index contributed by atoms with van der Waals surface area (Å²) in [6, 6.07) is 11.2.